The zero-order valence-corrected chi connectivity index (χ0v) is 23.3. The van der Waals surface area contributed by atoms with Gasteiger partial charge in [0.25, 0.3) is 0 Å². The Bertz CT molecular complexity index is 929. The second kappa shape index (κ2) is 10.5. The topological polar surface area (TPSA) is 64.6 Å². The maximum Gasteiger partial charge on any atom is 0.229 e. The molecule has 2 aromatic carbocycles. The maximum atomic E-state index is 12.0. The number of halogens is 1. The number of sulfonamides is 1. The van der Waals surface area contributed by atoms with E-state index in [0.29, 0.717) is 28.5 Å². The van der Waals surface area contributed by atoms with Gasteiger partial charge in [0, 0.05) is 0 Å². The zero-order chi connectivity index (χ0) is 22.4. The lowest BCUT2D eigenvalue weighted by Gasteiger charge is -2.46. The van der Waals surface area contributed by atoms with Crippen molar-refractivity contribution < 1.29 is 17.6 Å². The zero-order valence-electron chi connectivity index (χ0n) is 18.4. The Morgan fingerprint density at radius 1 is 1.03 bits per heavy atom. The van der Waals surface area contributed by atoms with E-state index in [1.54, 1.807) is 0 Å². The van der Waals surface area contributed by atoms with Crippen LogP contribution in [0, 0.1) is 0 Å². The molecule has 1 atom stereocenters. The molecule has 0 fully saturated rings. The quantitative estimate of drug-likeness (QED) is 0.249. The molecular formula is C22H32INO4SSi. The summed E-state index contributed by atoms with van der Waals surface area (Å²) < 4.78 is 38.9. The van der Waals surface area contributed by atoms with Gasteiger partial charge in [0.05, 0.1) is 21.0 Å². The maximum absolute atomic E-state index is 12.0. The molecule has 0 aliphatic heterocycles. The molecule has 1 N–H and O–H groups in total. The monoisotopic (exact) mass is 561 g/mol. The molecule has 0 unspecified atom stereocenters. The summed E-state index contributed by atoms with van der Waals surface area (Å²) in [6.07, 6.45) is 3.84. The number of rotatable bonds is 11. The van der Waals surface area contributed by atoms with Crippen LogP contribution in [-0.4, -0.2) is 28.6 Å². The number of hydrogen-bond donors (Lipinski definition) is 1. The van der Waals surface area contributed by atoms with E-state index in [4.69, 9.17) is 9.16 Å². The Kier molecular flexibility index (Phi) is 8.78. The average molecular weight is 562 g/mol. The van der Waals surface area contributed by atoms with Crippen molar-refractivity contribution in [3.05, 3.63) is 59.7 Å². The third kappa shape index (κ3) is 5.57. The minimum Gasteiger partial charge on any atom is -0.487 e. The van der Waals surface area contributed by atoms with E-state index in [2.05, 4.69) is 48.1 Å². The van der Waals surface area contributed by atoms with Gasteiger partial charge in [-0.1, -0.05) is 79.8 Å². The van der Waals surface area contributed by atoms with Gasteiger partial charge >= 0.3 is 0 Å². The molecule has 0 aliphatic carbocycles. The van der Waals surface area contributed by atoms with Crippen LogP contribution in [0.4, 0.5) is 5.69 Å². The molecule has 0 radical (unpaired) electrons. The second-order valence-corrected chi connectivity index (χ2v) is 11.6. The van der Waals surface area contributed by atoms with E-state index in [9.17, 15) is 8.42 Å². The van der Waals surface area contributed by atoms with Crippen LogP contribution in [-0.2, 0) is 26.7 Å². The predicted molar refractivity (Wildman–Crippen MR) is 136 cm³/mol. The number of ether oxygens (including phenoxy) is 1. The van der Waals surface area contributed by atoms with Crippen molar-refractivity contribution in [1.82, 2.24) is 0 Å². The molecule has 0 bridgehead atoms. The summed E-state index contributed by atoms with van der Waals surface area (Å²) in [7, 11) is -2.89. The summed E-state index contributed by atoms with van der Waals surface area (Å²) in [5.74, 6) is 0.499. The molecule has 30 heavy (non-hydrogen) atoms. The first-order valence-corrected chi connectivity index (χ1v) is 14.0. The lowest BCUT2D eigenvalue weighted by molar-refractivity contribution is 0.0303. The fraction of sp³-hybridized carbons (Fsp3) is 0.455. The number of nitrogens with one attached hydrogen (secondary N) is 1. The first-order chi connectivity index (χ1) is 14.1. The molecule has 5 nitrogen and oxygen atoms in total. The smallest absolute Gasteiger partial charge is 0.229 e. The van der Waals surface area contributed by atoms with Gasteiger partial charge in [0.2, 0.25) is 10.0 Å². The number of alkyl halides is 1. The molecule has 0 aromatic heterocycles. The molecule has 2 aromatic rings. The molecule has 0 aliphatic rings. The normalized spacial score (nSPS) is 14.3. The van der Waals surface area contributed by atoms with Gasteiger partial charge < -0.3 is 9.16 Å². The number of benzene rings is 2. The van der Waals surface area contributed by atoms with Gasteiger partial charge in [0.15, 0.2) is 0 Å². The standard InChI is InChI=1S/C22H32INO4SSi/c1-5-21(23,6-2)22(7-3,28-30)18-13-14-20(19(15-18)24-29(4,25)26)27-16-17-11-9-8-10-12-17/h8-15,24H,5-7,16H2,1-4,30H3/t22-/m1/s1. The fourth-order valence-electron chi connectivity index (χ4n) is 3.97. The molecule has 0 heterocycles. The highest BCUT2D eigenvalue weighted by Gasteiger charge is 2.47. The Hall–Kier alpha value is -1.10. The minimum atomic E-state index is -3.47. The lowest BCUT2D eigenvalue weighted by atomic mass is 9.76. The van der Waals surface area contributed by atoms with Gasteiger partial charge in [0.1, 0.15) is 22.8 Å². The van der Waals surface area contributed by atoms with E-state index < -0.39 is 15.6 Å². The van der Waals surface area contributed by atoms with Crippen molar-refractivity contribution >= 4 is 48.8 Å². The van der Waals surface area contributed by atoms with E-state index in [-0.39, 0.29) is 3.42 Å². The third-order valence-electron chi connectivity index (χ3n) is 5.67. The third-order valence-corrected chi connectivity index (χ3v) is 9.35. The van der Waals surface area contributed by atoms with Crippen LogP contribution in [0.15, 0.2) is 48.5 Å². The summed E-state index contributed by atoms with van der Waals surface area (Å²) in [6.45, 7) is 6.83. The Balaban J connectivity index is 2.52. The predicted octanol–water partition coefficient (Wildman–Crippen LogP) is 4.53. The Morgan fingerprint density at radius 2 is 1.67 bits per heavy atom. The highest BCUT2D eigenvalue weighted by atomic mass is 127. The molecule has 2 rings (SSSR count). The Labute approximate surface area is 197 Å². The largest absolute Gasteiger partial charge is 0.487 e. The molecule has 0 spiro atoms. The van der Waals surface area contributed by atoms with Gasteiger partial charge in [-0.15, -0.1) is 0 Å². The van der Waals surface area contributed by atoms with Crippen LogP contribution in [0.2, 0.25) is 0 Å². The van der Waals surface area contributed by atoms with Crippen LogP contribution >= 0.6 is 22.6 Å². The molecule has 0 saturated carbocycles. The van der Waals surface area contributed by atoms with Crippen LogP contribution in [0.5, 0.6) is 5.75 Å². The van der Waals surface area contributed by atoms with Crippen LogP contribution < -0.4 is 9.46 Å². The summed E-state index contributed by atoms with van der Waals surface area (Å²) in [4.78, 5) is 0. The number of hydrogen-bond acceptors (Lipinski definition) is 4. The molecule has 0 saturated heterocycles. The van der Waals surface area contributed by atoms with Crippen molar-refractivity contribution in [2.24, 2.45) is 0 Å². The van der Waals surface area contributed by atoms with Crippen LogP contribution in [0.3, 0.4) is 0 Å². The van der Waals surface area contributed by atoms with Gasteiger partial charge in [-0.25, -0.2) is 8.42 Å². The molecule has 166 valence electrons. The first kappa shape index (κ1) is 25.2. The van der Waals surface area contributed by atoms with Crippen molar-refractivity contribution in [3.63, 3.8) is 0 Å². The van der Waals surface area contributed by atoms with Crippen molar-refractivity contribution in [2.45, 2.75) is 55.7 Å². The first-order valence-electron chi connectivity index (χ1n) is 10.2. The molecule has 8 heteroatoms. The SMILES string of the molecule is CCC(I)(CC)[C@](CC)(O[SiH3])c1ccc(OCc2ccccc2)c(NS(C)(=O)=O)c1. The van der Waals surface area contributed by atoms with Crippen molar-refractivity contribution in [1.29, 1.82) is 0 Å². The van der Waals surface area contributed by atoms with E-state index in [1.807, 2.05) is 48.5 Å². The summed E-state index contributed by atoms with van der Waals surface area (Å²) in [5.41, 5.74) is 1.93. The lowest BCUT2D eigenvalue weighted by Crippen LogP contribution is -2.48. The number of anilines is 1. The highest BCUT2D eigenvalue weighted by Crippen LogP contribution is 2.50. The summed E-state index contributed by atoms with van der Waals surface area (Å²) in [5, 5.41) is 0. The van der Waals surface area contributed by atoms with E-state index in [0.717, 1.165) is 36.6 Å². The minimum absolute atomic E-state index is 0.101. The van der Waals surface area contributed by atoms with E-state index >= 15 is 0 Å². The van der Waals surface area contributed by atoms with Gasteiger partial charge in [-0.3, -0.25) is 4.72 Å². The fourth-order valence-corrected chi connectivity index (χ4v) is 6.77. The van der Waals surface area contributed by atoms with Crippen LogP contribution in [0.25, 0.3) is 0 Å². The second-order valence-electron chi connectivity index (χ2n) is 7.42. The van der Waals surface area contributed by atoms with Crippen molar-refractivity contribution in [2.75, 3.05) is 11.0 Å². The Morgan fingerprint density at radius 3 is 2.17 bits per heavy atom. The average Bonchev–Trinajstić information content (AvgIpc) is 2.73. The summed E-state index contributed by atoms with van der Waals surface area (Å²) >= 11 is 2.52. The van der Waals surface area contributed by atoms with Crippen LogP contribution in [0.1, 0.15) is 51.2 Å². The molecular weight excluding hydrogens is 529 g/mol. The highest BCUT2D eigenvalue weighted by molar-refractivity contribution is 14.1. The van der Waals surface area contributed by atoms with Gasteiger partial charge in [-0.05, 0) is 42.5 Å². The molecule has 0 amide bonds. The van der Waals surface area contributed by atoms with Crippen molar-refractivity contribution in [3.8, 4) is 5.75 Å². The van der Waals surface area contributed by atoms with E-state index in [1.165, 1.54) is 0 Å². The van der Waals surface area contributed by atoms with Gasteiger partial charge in [-0.2, -0.15) is 0 Å². The summed E-state index contributed by atoms with van der Waals surface area (Å²) in [6, 6.07) is 15.5.